The van der Waals surface area contributed by atoms with E-state index >= 15 is 0 Å². The number of aryl methyl sites for hydroxylation is 1. The number of nitrogens with one attached hydrogen (secondary N) is 2. The molecule has 152 valence electrons. The predicted octanol–water partition coefficient (Wildman–Crippen LogP) is 2.48. The van der Waals surface area contributed by atoms with Gasteiger partial charge in [0.1, 0.15) is 0 Å². The molecule has 2 amide bonds. The zero-order valence-electron chi connectivity index (χ0n) is 17.0. The van der Waals surface area contributed by atoms with Crippen molar-refractivity contribution in [3.05, 3.63) is 68.8 Å². The first-order valence-electron chi connectivity index (χ1n) is 9.88. The van der Waals surface area contributed by atoms with E-state index in [2.05, 4.69) is 15.5 Å². The molecule has 1 aromatic carbocycles. The number of aromatic amines is 1. The summed E-state index contributed by atoms with van der Waals surface area (Å²) < 4.78 is 0. The Labute approximate surface area is 169 Å². The van der Waals surface area contributed by atoms with E-state index in [1.54, 1.807) is 11.1 Å². The summed E-state index contributed by atoms with van der Waals surface area (Å²) in [7, 11) is 0. The van der Waals surface area contributed by atoms with E-state index in [1.807, 2.05) is 44.2 Å². The topological polar surface area (TPSA) is 95.2 Å². The molecule has 1 aliphatic rings. The van der Waals surface area contributed by atoms with Gasteiger partial charge >= 0.3 is 0 Å². The van der Waals surface area contributed by atoms with Crippen molar-refractivity contribution in [2.24, 2.45) is 0 Å². The third-order valence-electron chi connectivity index (χ3n) is 5.28. The molecule has 0 radical (unpaired) electrons. The van der Waals surface area contributed by atoms with E-state index in [-0.39, 0.29) is 36.4 Å². The molecule has 3 rings (SSSR count). The molecule has 1 aromatic heterocycles. The lowest BCUT2D eigenvalue weighted by atomic mass is 9.93. The van der Waals surface area contributed by atoms with Crippen LogP contribution in [0.5, 0.6) is 0 Å². The minimum Gasteiger partial charge on any atom is -0.352 e. The van der Waals surface area contributed by atoms with E-state index in [9.17, 15) is 14.4 Å². The lowest BCUT2D eigenvalue weighted by Gasteiger charge is -2.32. The molecule has 0 saturated carbocycles. The predicted molar refractivity (Wildman–Crippen MR) is 111 cm³/mol. The molecule has 7 heteroatoms. The first-order valence-corrected chi connectivity index (χ1v) is 9.88. The van der Waals surface area contributed by atoms with Gasteiger partial charge in [-0.05, 0) is 35.6 Å². The number of benzene rings is 1. The summed E-state index contributed by atoms with van der Waals surface area (Å²) >= 11 is 0. The van der Waals surface area contributed by atoms with Crippen LogP contribution in [-0.2, 0) is 29.0 Å². The van der Waals surface area contributed by atoms with Gasteiger partial charge in [-0.25, -0.2) is 5.10 Å². The van der Waals surface area contributed by atoms with Gasteiger partial charge in [0.2, 0.25) is 11.8 Å². The summed E-state index contributed by atoms with van der Waals surface area (Å²) in [5, 5.41) is 9.47. The average molecular weight is 394 g/mol. The molecule has 0 saturated heterocycles. The van der Waals surface area contributed by atoms with Crippen molar-refractivity contribution in [3.8, 4) is 0 Å². The molecule has 2 aromatic rings. The summed E-state index contributed by atoms with van der Waals surface area (Å²) in [6, 6.07) is 7.35. The first-order chi connectivity index (χ1) is 14.0. The minimum absolute atomic E-state index is 0.117. The Kier molecular flexibility index (Phi) is 6.26. The average Bonchev–Trinajstić information content (AvgIpc) is 2.72. The molecule has 0 unspecified atom stereocenters. The van der Waals surface area contributed by atoms with Crippen molar-refractivity contribution in [3.63, 3.8) is 0 Å². The van der Waals surface area contributed by atoms with Gasteiger partial charge in [-0.2, -0.15) is 5.10 Å². The zero-order valence-corrected chi connectivity index (χ0v) is 17.0. The molecular weight excluding hydrogens is 368 g/mol. The molecule has 29 heavy (non-hydrogen) atoms. The highest BCUT2D eigenvalue weighted by atomic mass is 16.2. The molecule has 1 aliphatic heterocycles. The van der Waals surface area contributed by atoms with Crippen LogP contribution in [-0.4, -0.2) is 26.9 Å². The van der Waals surface area contributed by atoms with E-state index in [1.165, 1.54) is 6.92 Å². The van der Waals surface area contributed by atoms with Crippen LogP contribution >= 0.6 is 0 Å². The van der Waals surface area contributed by atoms with Gasteiger partial charge in [0, 0.05) is 25.2 Å². The van der Waals surface area contributed by atoms with Crippen LogP contribution in [0.25, 0.3) is 6.08 Å². The minimum atomic E-state index is -0.374. The Morgan fingerprint density at radius 1 is 1.17 bits per heavy atom. The highest BCUT2D eigenvalue weighted by Crippen LogP contribution is 2.32. The monoisotopic (exact) mass is 394 g/mol. The second kappa shape index (κ2) is 8.86. The molecule has 2 N–H and O–H groups in total. The second-order valence-corrected chi connectivity index (χ2v) is 7.03. The van der Waals surface area contributed by atoms with E-state index in [4.69, 9.17) is 0 Å². The van der Waals surface area contributed by atoms with Crippen molar-refractivity contribution in [1.82, 2.24) is 20.4 Å². The fourth-order valence-electron chi connectivity index (χ4n) is 3.81. The molecular formula is C22H26N4O3. The van der Waals surface area contributed by atoms with Crippen LogP contribution < -0.4 is 10.9 Å². The van der Waals surface area contributed by atoms with Crippen LogP contribution in [0.2, 0.25) is 0 Å². The van der Waals surface area contributed by atoms with Crippen LogP contribution in [0.3, 0.4) is 0 Å². The molecule has 0 fully saturated rings. The van der Waals surface area contributed by atoms with Crippen LogP contribution in [0.1, 0.15) is 61.2 Å². The van der Waals surface area contributed by atoms with Gasteiger partial charge in [0.15, 0.2) is 0 Å². The maximum Gasteiger partial charge on any atom is 0.269 e. The van der Waals surface area contributed by atoms with Gasteiger partial charge in [-0.1, -0.05) is 38.1 Å². The maximum absolute atomic E-state index is 12.7. The number of hydrogen-bond acceptors (Lipinski definition) is 4. The standard InChI is InChI=1S/C22H26N4O3/c1-4-16-18(22(29)25-24-19(16)5-2)13-23-21(28)12-20-17-9-7-6-8-15(17)10-11-26(20)14(3)27/h6-11,20H,4-5,12-13H2,1-3H3,(H,23,28)(H,25,29)/t20-/m1/s1. The van der Waals surface area contributed by atoms with Gasteiger partial charge in [-0.3, -0.25) is 14.4 Å². The number of aromatic nitrogens is 2. The third kappa shape index (κ3) is 4.29. The van der Waals surface area contributed by atoms with Crippen molar-refractivity contribution in [2.45, 2.75) is 52.6 Å². The number of H-pyrrole nitrogens is 1. The second-order valence-electron chi connectivity index (χ2n) is 7.03. The maximum atomic E-state index is 12.7. The van der Waals surface area contributed by atoms with E-state index < -0.39 is 0 Å². The summed E-state index contributed by atoms with van der Waals surface area (Å²) in [5.74, 6) is -0.345. The summed E-state index contributed by atoms with van der Waals surface area (Å²) in [6.45, 7) is 5.57. The molecule has 0 bridgehead atoms. The molecule has 0 aliphatic carbocycles. The number of hydrogen-bond donors (Lipinski definition) is 2. The van der Waals surface area contributed by atoms with Gasteiger partial charge in [0.25, 0.3) is 5.56 Å². The molecule has 2 heterocycles. The largest absolute Gasteiger partial charge is 0.352 e. The zero-order chi connectivity index (χ0) is 21.0. The van der Waals surface area contributed by atoms with E-state index in [0.29, 0.717) is 18.4 Å². The SMILES string of the molecule is CCc1n[nH]c(=O)c(CNC(=O)C[C@@H]2c3ccccc3C=CN2C(C)=O)c1CC. The van der Waals surface area contributed by atoms with Crippen molar-refractivity contribution in [1.29, 1.82) is 0 Å². The lowest BCUT2D eigenvalue weighted by molar-refractivity contribution is -0.130. The van der Waals surface area contributed by atoms with Crippen molar-refractivity contribution in [2.75, 3.05) is 0 Å². The number of nitrogens with zero attached hydrogens (tertiary/aromatic N) is 2. The Hall–Kier alpha value is -3.22. The number of carbonyl (C=O) groups is 2. The van der Waals surface area contributed by atoms with Crippen LogP contribution in [0.4, 0.5) is 0 Å². The number of fused-ring (bicyclic) bond motifs is 1. The Morgan fingerprint density at radius 2 is 1.93 bits per heavy atom. The fourth-order valence-corrected chi connectivity index (χ4v) is 3.81. The highest BCUT2D eigenvalue weighted by molar-refractivity contribution is 5.81. The smallest absolute Gasteiger partial charge is 0.269 e. The Morgan fingerprint density at radius 3 is 2.62 bits per heavy atom. The van der Waals surface area contributed by atoms with Crippen LogP contribution in [0, 0.1) is 0 Å². The highest BCUT2D eigenvalue weighted by Gasteiger charge is 2.28. The molecule has 0 spiro atoms. The number of amides is 2. The Balaban J connectivity index is 1.78. The number of carbonyl (C=O) groups excluding carboxylic acids is 2. The normalized spacial score (nSPS) is 15.1. The Bertz CT molecular complexity index is 1010. The van der Waals surface area contributed by atoms with Gasteiger partial charge in [-0.15, -0.1) is 0 Å². The van der Waals surface area contributed by atoms with Crippen molar-refractivity contribution < 1.29 is 9.59 Å². The summed E-state index contributed by atoms with van der Waals surface area (Å²) in [4.78, 5) is 38.6. The first kappa shape index (κ1) is 20.5. The quantitative estimate of drug-likeness (QED) is 0.787. The lowest BCUT2D eigenvalue weighted by Crippen LogP contribution is -2.36. The van der Waals surface area contributed by atoms with Gasteiger partial charge < -0.3 is 10.2 Å². The fraction of sp³-hybridized carbons (Fsp3) is 0.364. The third-order valence-corrected chi connectivity index (χ3v) is 5.28. The van der Waals surface area contributed by atoms with Gasteiger partial charge in [0.05, 0.1) is 18.2 Å². The van der Waals surface area contributed by atoms with Crippen molar-refractivity contribution >= 4 is 17.9 Å². The summed E-state index contributed by atoms with van der Waals surface area (Å²) in [5.41, 5.74) is 3.91. The van der Waals surface area contributed by atoms with Crippen LogP contribution in [0.15, 0.2) is 35.3 Å². The van der Waals surface area contributed by atoms with E-state index in [0.717, 1.165) is 22.4 Å². The molecule has 7 nitrogen and oxygen atoms in total. The number of rotatable bonds is 6. The molecule has 1 atom stereocenters. The summed E-state index contributed by atoms with van der Waals surface area (Å²) in [6.07, 6.45) is 5.09.